The number of aromatic nitrogens is 2. The lowest BCUT2D eigenvalue weighted by Gasteiger charge is -2.14. The van der Waals surface area contributed by atoms with Gasteiger partial charge in [0.2, 0.25) is 0 Å². The quantitative estimate of drug-likeness (QED) is 0.928. The highest BCUT2D eigenvalue weighted by atomic mass is 79.9. The van der Waals surface area contributed by atoms with E-state index in [2.05, 4.69) is 26.3 Å². The van der Waals surface area contributed by atoms with Gasteiger partial charge in [-0.2, -0.15) is 5.10 Å². The maximum atomic E-state index is 12.1. The summed E-state index contributed by atoms with van der Waals surface area (Å²) in [7, 11) is 0. The number of nitrogens with one attached hydrogen (secondary N) is 1. The molecule has 1 amide bonds. The van der Waals surface area contributed by atoms with Crippen LogP contribution in [-0.4, -0.2) is 21.7 Å². The maximum Gasteiger partial charge on any atom is 0.252 e. The van der Waals surface area contributed by atoms with Crippen LogP contribution in [0.3, 0.4) is 0 Å². The van der Waals surface area contributed by atoms with E-state index in [0.717, 1.165) is 4.47 Å². The van der Waals surface area contributed by atoms with Crippen LogP contribution >= 0.6 is 27.5 Å². The van der Waals surface area contributed by atoms with Gasteiger partial charge in [0.15, 0.2) is 0 Å². The van der Waals surface area contributed by atoms with Crippen LogP contribution in [0.25, 0.3) is 0 Å². The minimum absolute atomic E-state index is 0.0294. The molecule has 1 aromatic carbocycles. The topological polar surface area (TPSA) is 46.9 Å². The third kappa shape index (κ3) is 3.81. The molecular formula is C13H13BrClN3O. The summed E-state index contributed by atoms with van der Waals surface area (Å²) in [6, 6.07) is 6.95. The van der Waals surface area contributed by atoms with Crippen LogP contribution in [0.15, 0.2) is 41.1 Å². The van der Waals surface area contributed by atoms with Gasteiger partial charge in [-0.3, -0.25) is 9.48 Å². The normalized spacial score (nSPS) is 12.2. The van der Waals surface area contributed by atoms with Crippen LogP contribution in [0.1, 0.15) is 17.3 Å². The molecule has 2 rings (SSSR count). The summed E-state index contributed by atoms with van der Waals surface area (Å²) in [5, 5.41) is 7.55. The lowest BCUT2D eigenvalue weighted by Crippen LogP contribution is -2.36. The van der Waals surface area contributed by atoms with E-state index in [1.54, 1.807) is 29.1 Å². The number of carbonyl (C=O) groups is 1. The Hall–Kier alpha value is -1.33. The van der Waals surface area contributed by atoms with Gasteiger partial charge in [0.25, 0.3) is 5.91 Å². The highest BCUT2D eigenvalue weighted by molar-refractivity contribution is 9.10. The fourth-order valence-electron chi connectivity index (χ4n) is 1.71. The zero-order chi connectivity index (χ0) is 13.8. The standard InChI is InChI=1S/C13H13BrClN3O/c1-9(8-18-6-2-5-16-18)17-13(19)11-7-10(15)3-4-12(11)14/h2-7,9H,8H2,1H3,(H,17,19). The second kappa shape index (κ2) is 6.21. The Morgan fingerprint density at radius 2 is 2.37 bits per heavy atom. The summed E-state index contributed by atoms with van der Waals surface area (Å²) in [6.45, 7) is 2.55. The summed E-state index contributed by atoms with van der Waals surface area (Å²) < 4.78 is 2.50. The largest absolute Gasteiger partial charge is 0.348 e. The van der Waals surface area contributed by atoms with Gasteiger partial charge in [-0.1, -0.05) is 11.6 Å². The molecule has 1 aromatic heterocycles. The summed E-state index contributed by atoms with van der Waals surface area (Å²) >= 11 is 9.24. The van der Waals surface area contributed by atoms with Crippen LogP contribution in [0.2, 0.25) is 5.02 Å². The van der Waals surface area contributed by atoms with E-state index in [0.29, 0.717) is 17.1 Å². The molecule has 0 spiro atoms. The van der Waals surface area contributed by atoms with Crippen molar-refractivity contribution in [3.05, 3.63) is 51.7 Å². The predicted octanol–water partition coefficient (Wildman–Crippen LogP) is 3.12. The third-order valence-electron chi connectivity index (χ3n) is 2.57. The molecule has 1 unspecified atom stereocenters. The van der Waals surface area contributed by atoms with Gasteiger partial charge < -0.3 is 5.32 Å². The molecule has 4 nitrogen and oxygen atoms in total. The van der Waals surface area contributed by atoms with Crippen molar-refractivity contribution in [3.63, 3.8) is 0 Å². The maximum absolute atomic E-state index is 12.1. The Kier molecular flexibility index (Phi) is 4.61. The van der Waals surface area contributed by atoms with Crippen LogP contribution in [0.4, 0.5) is 0 Å². The van der Waals surface area contributed by atoms with E-state index in [1.807, 2.05) is 19.2 Å². The number of carbonyl (C=O) groups excluding carboxylic acids is 1. The van der Waals surface area contributed by atoms with E-state index >= 15 is 0 Å². The Morgan fingerprint density at radius 1 is 1.58 bits per heavy atom. The zero-order valence-corrected chi connectivity index (χ0v) is 12.6. The second-order valence-corrected chi connectivity index (χ2v) is 5.52. The Bertz CT molecular complexity index is 571. The molecule has 1 heterocycles. The van der Waals surface area contributed by atoms with Gasteiger partial charge >= 0.3 is 0 Å². The number of amides is 1. The fourth-order valence-corrected chi connectivity index (χ4v) is 2.31. The van der Waals surface area contributed by atoms with Crippen molar-refractivity contribution < 1.29 is 4.79 Å². The summed E-state index contributed by atoms with van der Waals surface area (Å²) in [5.41, 5.74) is 0.528. The van der Waals surface area contributed by atoms with Gasteiger partial charge in [-0.15, -0.1) is 0 Å². The molecule has 0 aliphatic rings. The first kappa shape index (κ1) is 14.1. The van der Waals surface area contributed by atoms with E-state index in [1.165, 1.54) is 0 Å². The molecule has 0 fully saturated rings. The zero-order valence-electron chi connectivity index (χ0n) is 10.3. The SMILES string of the molecule is CC(Cn1cccn1)NC(=O)c1cc(Cl)ccc1Br. The molecular weight excluding hydrogens is 330 g/mol. The number of benzene rings is 1. The smallest absolute Gasteiger partial charge is 0.252 e. The van der Waals surface area contributed by atoms with Gasteiger partial charge in [0, 0.05) is 27.9 Å². The van der Waals surface area contributed by atoms with Crippen molar-refractivity contribution in [3.8, 4) is 0 Å². The molecule has 6 heteroatoms. The van der Waals surface area contributed by atoms with Gasteiger partial charge in [0.05, 0.1) is 12.1 Å². The number of nitrogens with zero attached hydrogens (tertiary/aromatic N) is 2. The predicted molar refractivity (Wildman–Crippen MR) is 78.3 cm³/mol. The van der Waals surface area contributed by atoms with Gasteiger partial charge in [0.1, 0.15) is 0 Å². The molecule has 0 radical (unpaired) electrons. The molecule has 0 bridgehead atoms. The van der Waals surface area contributed by atoms with Crippen molar-refractivity contribution in [2.24, 2.45) is 0 Å². The molecule has 2 aromatic rings. The highest BCUT2D eigenvalue weighted by Crippen LogP contribution is 2.21. The molecule has 0 saturated heterocycles. The van der Waals surface area contributed by atoms with Crippen molar-refractivity contribution in [2.45, 2.75) is 19.5 Å². The van der Waals surface area contributed by atoms with E-state index < -0.39 is 0 Å². The molecule has 0 aliphatic heterocycles. The summed E-state index contributed by atoms with van der Waals surface area (Å²) in [6.07, 6.45) is 3.57. The average Bonchev–Trinajstić information content (AvgIpc) is 2.84. The first-order valence-electron chi connectivity index (χ1n) is 5.79. The molecule has 19 heavy (non-hydrogen) atoms. The van der Waals surface area contributed by atoms with Crippen LogP contribution < -0.4 is 5.32 Å². The Balaban J connectivity index is 2.02. The van der Waals surface area contributed by atoms with Crippen molar-refractivity contribution in [1.82, 2.24) is 15.1 Å². The molecule has 0 saturated carbocycles. The Morgan fingerprint density at radius 3 is 3.05 bits per heavy atom. The lowest BCUT2D eigenvalue weighted by atomic mass is 10.2. The van der Waals surface area contributed by atoms with E-state index in [4.69, 9.17) is 11.6 Å². The number of hydrogen-bond acceptors (Lipinski definition) is 2. The first-order valence-corrected chi connectivity index (χ1v) is 6.96. The van der Waals surface area contributed by atoms with Crippen LogP contribution in [0, 0.1) is 0 Å². The van der Waals surface area contributed by atoms with Gasteiger partial charge in [-0.25, -0.2) is 0 Å². The van der Waals surface area contributed by atoms with Gasteiger partial charge in [-0.05, 0) is 47.1 Å². The minimum Gasteiger partial charge on any atom is -0.348 e. The van der Waals surface area contributed by atoms with Crippen molar-refractivity contribution in [1.29, 1.82) is 0 Å². The third-order valence-corrected chi connectivity index (χ3v) is 3.50. The fraction of sp³-hybridized carbons (Fsp3) is 0.231. The monoisotopic (exact) mass is 341 g/mol. The summed E-state index contributed by atoms with van der Waals surface area (Å²) in [4.78, 5) is 12.1. The number of rotatable bonds is 4. The summed E-state index contributed by atoms with van der Waals surface area (Å²) in [5.74, 6) is -0.158. The highest BCUT2D eigenvalue weighted by Gasteiger charge is 2.13. The minimum atomic E-state index is -0.158. The number of hydrogen-bond donors (Lipinski definition) is 1. The van der Waals surface area contributed by atoms with E-state index in [9.17, 15) is 4.79 Å². The molecule has 1 N–H and O–H groups in total. The lowest BCUT2D eigenvalue weighted by molar-refractivity contribution is 0.0935. The van der Waals surface area contributed by atoms with Crippen molar-refractivity contribution >= 4 is 33.4 Å². The molecule has 100 valence electrons. The molecule has 0 aliphatic carbocycles. The second-order valence-electron chi connectivity index (χ2n) is 4.23. The Labute approximate surface area is 124 Å². The average molecular weight is 343 g/mol. The first-order chi connectivity index (χ1) is 9.06. The molecule has 1 atom stereocenters. The van der Waals surface area contributed by atoms with Crippen molar-refractivity contribution in [2.75, 3.05) is 0 Å². The van der Waals surface area contributed by atoms with Crippen LogP contribution in [0.5, 0.6) is 0 Å². The van der Waals surface area contributed by atoms with E-state index in [-0.39, 0.29) is 11.9 Å². The number of halogens is 2. The van der Waals surface area contributed by atoms with Crippen LogP contribution in [-0.2, 0) is 6.54 Å².